The van der Waals surface area contributed by atoms with Crippen LogP contribution in [0.3, 0.4) is 0 Å². The van der Waals surface area contributed by atoms with Gasteiger partial charge in [-0.25, -0.2) is 4.39 Å². The molecule has 0 N–H and O–H groups in total. The molecule has 1 saturated carbocycles. The zero-order valence-electron chi connectivity index (χ0n) is 8.67. The van der Waals surface area contributed by atoms with E-state index in [0.717, 1.165) is 24.8 Å². The third kappa shape index (κ3) is 2.17. The molecule has 2 unspecified atom stereocenters. The van der Waals surface area contributed by atoms with Crippen LogP contribution in [0.15, 0.2) is 18.2 Å². The second kappa shape index (κ2) is 4.52. The normalized spacial score (nSPS) is 25.5. The summed E-state index contributed by atoms with van der Waals surface area (Å²) in [6, 6.07) is 5.39. The van der Waals surface area contributed by atoms with Crippen LogP contribution in [-0.2, 0) is 0 Å². The number of hydrogen-bond acceptors (Lipinski definition) is 1. The topological polar surface area (TPSA) is 9.23 Å². The molecule has 0 saturated heterocycles. The predicted octanol–water partition coefficient (Wildman–Crippen LogP) is 3.87. The zero-order chi connectivity index (χ0) is 10.8. The van der Waals surface area contributed by atoms with Crippen LogP contribution < -0.4 is 4.74 Å². The first-order chi connectivity index (χ1) is 7.22. The summed E-state index contributed by atoms with van der Waals surface area (Å²) in [5, 5.41) is 0. The number of alkyl halides is 1. The van der Waals surface area contributed by atoms with Crippen molar-refractivity contribution in [1.82, 2.24) is 0 Å². The first kappa shape index (κ1) is 10.9. The van der Waals surface area contributed by atoms with Gasteiger partial charge < -0.3 is 4.74 Å². The number of hydrogen-bond donors (Lipinski definition) is 0. The number of halogens is 2. The van der Waals surface area contributed by atoms with Crippen LogP contribution in [0.4, 0.5) is 4.39 Å². The van der Waals surface area contributed by atoms with Gasteiger partial charge in [0.05, 0.1) is 7.11 Å². The van der Waals surface area contributed by atoms with Crippen molar-refractivity contribution in [3.8, 4) is 5.75 Å². The zero-order valence-corrected chi connectivity index (χ0v) is 10.3. The molecule has 2 atom stereocenters. The molecule has 0 amide bonds. The lowest BCUT2D eigenvalue weighted by atomic mass is 9.97. The van der Waals surface area contributed by atoms with E-state index in [1.54, 1.807) is 6.07 Å². The molecule has 0 heterocycles. The van der Waals surface area contributed by atoms with E-state index in [1.165, 1.54) is 7.11 Å². The van der Waals surface area contributed by atoms with E-state index in [2.05, 4.69) is 15.9 Å². The van der Waals surface area contributed by atoms with Gasteiger partial charge >= 0.3 is 0 Å². The van der Waals surface area contributed by atoms with Gasteiger partial charge in [-0.2, -0.15) is 0 Å². The van der Waals surface area contributed by atoms with Gasteiger partial charge in [0.2, 0.25) is 0 Å². The van der Waals surface area contributed by atoms with E-state index in [0.29, 0.717) is 16.5 Å². The van der Waals surface area contributed by atoms with Crippen LogP contribution in [0, 0.1) is 5.82 Å². The lowest BCUT2D eigenvalue weighted by molar-refractivity contribution is 0.382. The van der Waals surface area contributed by atoms with Crippen LogP contribution in [0.1, 0.15) is 30.7 Å². The Bertz CT molecular complexity index is 353. The smallest absolute Gasteiger partial charge is 0.168 e. The fraction of sp³-hybridized carbons (Fsp3) is 0.500. The summed E-state index contributed by atoms with van der Waals surface area (Å²) in [5.41, 5.74) is 0.802. The Morgan fingerprint density at radius 2 is 2.20 bits per heavy atom. The average Bonchev–Trinajstić information content (AvgIpc) is 2.65. The molecule has 82 valence electrons. The molecule has 0 aliphatic heterocycles. The molecule has 2 rings (SSSR count). The lowest BCUT2D eigenvalue weighted by Gasteiger charge is -2.12. The van der Waals surface area contributed by atoms with Crippen LogP contribution in [0.25, 0.3) is 0 Å². The fourth-order valence-electron chi connectivity index (χ4n) is 2.21. The van der Waals surface area contributed by atoms with E-state index < -0.39 is 0 Å². The summed E-state index contributed by atoms with van der Waals surface area (Å²) in [6.45, 7) is 0. The predicted molar refractivity (Wildman–Crippen MR) is 62.3 cm³/mol. The van der Waals surface area contributed by atoms with Crippen molar-refractivity contribution in [3.63, 3.8) is 0 Å². The van der Waals surface area contributed by atoms with Crippen molar-refractivity contribution in [2.24, 2.45) is 0 Å². The highest BCUT2D eigenvalue weighted by molar-refractivity contribution is 9.09. The molecule has 1 aliphatic rings. The first-order valence-corrected chi connectivity index (χ1v) is 6.10. The van der Waals surface area contributed by atoms with E-state index in [-0.39, 0.29) is 5.82 Å². The molecular formula is C12H14BrFO. The Labute approximate surface area is 97.8 Å². The highest BCUT2D eigenvalue weighted by atomic mass is 79.9. The highest BCUT2D eigenvalue weighted by Gasteiger charge is 2.26. The Morgan fingerprint density at radius 1 is 1.40 bits per heavy atom. The number of ether oxygens (including phenoxy) is 1. The Hall–Kier alpha value is -0.570. The molecule has 1 aromatic carbocycles. The molecule has 1 aliphatic carbocycles. The molecule has 0 aromatic heterocycles. The van der Waals surface area contributed by atoms with Gasteiger partial charge in [0.15, 0.2) is 11.6 Å². The molecule has 0 radical (unpaired) electrons. The summed E-state index contributed by atoms with van der Waals surface area (Å²) in [6.07, 6.45) is 3.20. The minimum absolute atomic E-state index is 0.188. The van der Waals surface area contributed by atoms with Gasteiger partial charge in [-0.3, -0.25) is 0 Å². The van der Waals surface area contributed by atoms with E-state index in [4.69, 9.17) is 4.74 Å². The van der Waals surface area contributed by atoms with E-state index >= 15 is 0 Å². The fourth-order valence-corrected chi connectivity index (χ4v) is 2.93. The molecular weight excluding hydrogens is 259 g/mol. The summed E-state index contributed by atoms with van der Waals surface area (Å²) in [5.74, 6) is 0.501. The second-order valence-corrected chi connectivity index (χ2v) is 5.27. The summed E-state index contributed by atoms with van der Waals surface area (Å²) >= 11 is 3.58. The van der Waals surface area contributed by atoms with Gasteiger partial charge in [0.25, 0.3) is 0 Å². The van der Waals surface area contributed by atoms with Crippen LogP contribution >= 0.6 is 15.9 Å². The maximum atomic E-state index is 13.9. The van der Waals surface area contributed by atoms with Gasteiger partial charge in [0, 0.05) is 4.83 Å². The molecule has 3 heteroatoms. The van der Waals surface area contributed by atoms with E-state index in [9.17, 15) is 4.39 Å². The summed E-state index contributed by atoms with van der Waals surface area (Å²) < 4.78 is 18.9. The Balaban J connectivity index is 2.28. The van der Waals surface area contributed by atoms with Crippen molar-refractivity contribution in [3.05, 3.63) is 29.6 Å². The van der Waals surface area contributed by atoms with Crippen molar-refractivity contribution >= 4 is 15.9 Å². The molecule has 1 nitrogen and oxygen atoms in total. The van der Waals surface area contributed by atoms with Crippen molar-refractivity contribution in [2.75, 3.05) is 7.11 Å². The Kier molecular flexibility index (Phi) is 3.29. The number of benzene rings is 1. The maximum absolute atomic E-state index is 13.9. The summed E-state index contributed by atoms with van der Waals surface area (Å²) in [7, 11) is 1.50. The minimum Gasteiger partial charge on any atom is -0.494 e. The third-order valence-electron chi connectivity index (χ3n) is 3.02. The van der Waals surface area contributed by atoms with Gasteiger partial charge in [-0.1, -0.05) is 28.1 Å². The molecule has 0 bridgehead atoms. The quantitative estimate of drug-likeness (QED) is 0.743. The molecule has 15 heavy (non-hydrogen) atoms. The largest absolute Gasteiger partial charge is 0.494 e. The molecule has 0 spiro atoms. The van der Waals surface area contributed by atoms with E-state index in [1.807, 2.05) is 12.1 Å². The SMILES string of the molecule is COc1cccc(C2CCC(Br)C2)c1F. The van der Waals surface area contributed by atoms with Gasteiger partial charge in [-0.05, 0) is 36.8 Å². The number of methoxy groups -OCH3 is 1. The third-order valence-corrected chi connectivity index (χ3v) is 3.85. The monoisotopic (exact) mass is 272 g/mol. The first-order valence-electron chi connectivity index (χ1n) is 5.19. The number of rotatable bonds is 2. The summed E-state index contributed by atoms with van der Waals surface area (Å²) in [4.78, 5) is 0.535. The van der Waals surface area contributed by atoms with Crippen molar-refractivity contribution in [1.29, 1.82) is 0 Å². The van der Waals surface area contributed by atoms with Crippen LogP contribution in [0.2, 0.25) is 0 Å². The second-order valence-electron chi connectivity index (χ2n) is 3.97. The van der Waals surface area contributed by atoms with Gasteiger partial charge in [0.1, 0.15) is 0 Å². The Morgan fingerprint density at radius 3 is 2.80 bits per heavy atom. The maximum Gasteiger partial charge on any atom is 0.168 e. The molecule has 1 aromatic rings. The average molecular weight is 273 g/mol. The highest BCUT2D eigenvalue weighted by Crippen LogP contribution is 2.40. The van der Waals surface area contributed by atoms with Crippen LogP contribution in [-0.4, -0.2) is 11.9 Å². The van der Waals surface area contributed by atoms with Gasteiger partial charge in [-0.15, -0.1) is 0 Å². The van der Waals surface area contributed by atoms with Crippen molar-refractivity contribution < 1.29 is 9.13 Å². The van der Waals surface area contributed by atoms with Crippen molar-refractivity contribution in [2.45, 2.75) is 30.0 Å². The molecule has 1 fully saturated rings. The van der Waals surface area contributed by atoms with Crippen LogP contribution in [0.5, 0.6) is 5.75 Å². The lowest BCUT2D eigenvalue weighted by Crippen LogP contribution is -2.00. The standard InChI is InChI=1S/C12H14BrFO/c1-15-11-4-2-3-10(12(11)14)8-5-6-9(13)7-8/h2-4,8-9H,5-7H2,1H3. The minimum atomic E-state index is -0.188.